The first-order chi connectivity index (χ1) is 12.7. The molecule has 1 aromatic carbocycles. The number of nitrogens with one attached hydrogen (secondary N) is 1. The summed E-state index contributed by atoms with van der Waals surface area (Å²) in [6.07, 6.45) is 7.68. The Morgan fingerprint density at radius 3 is 2.69 bits per heavy atom. The molecule has 2 heterocycles. The highest BCUT2D eigenvalue weighted by Gasteiger charge is 2.42. The van der Waals surface area contributed by atoms with Crippen LogP contribution in [0.15, 0.2) is 40.2 Å². The second-order valence-electron chi connectivity index (χ2n) is 8.18. The SMILES string of the molecule is CN=C(NCC1(Sc2ccccc2)CCCC1)N1CCC2(CCOC2)C1. The molecule has 1 saturated carbocycles. The highest BCUT2D eigenvalue weighted by atomic mass is 32.2. The normalized spacial score (nSPS) is 28.2. The van der Waals surface area contributed by atoms with Crippen molar-refractivity contribution in [3.63, 3.8) is 0 Å². The number of benzene rings is 1. The van der Waals surface area contributed by atoms with Crippen LogP contribution in [0.3, 0.4) is 0 Å². The minimum Gasteiger partial charge on any atom is -0.381 e. The highest BCUT2D eigenvalue weighted by molar-refractivity contribution is 8.00. The maximum absolute atomic E-state index is 5.68. The molecule has 2 aliphatic heterocycles. The molecule has 1 unspecified atom stereocenters. The molecule has 1 aliphatic carbocycles. The van der Waals surface area contributed by atoms with E-state index in [1.54, 1.807) is 0 Å². The zero-order chi connectivity index (χ0) is 17.9. The van der Waals surface area contributed by atoms with Crippen LogP contribution in [-0.2, 0) is 4.74 Å². The Balaban J connectivity index is 1.39. The van der Waals surface area contributed by atoms with Gasteiger partial charge in [-0.15, -0.1) is 11.8 Å². The van der Waals surface area contributed by atoms with Crippen molar-refractivity contribution in [2.45, 2.75) is 48.2 Å². The van der Waals surface area contributed by atoms with E-state index < -0.39 is 0 Å². The van der Waals surface area contributed by atoms with Crippen LogP contribution in [0, 0.1) is 5.41 Å². The number of hydrogen-bond acceptors (Lipinski definition) is 3. The van der Waals surface area contributed by atoms with E-state index in [2.05, 4.69) is 57.3 Å². The minimum atomic E-state index is 0.297. The topological polar surface area (TPSA) is 36.9 Å². The molecule has 5 heteroatoms. The Morgan fingerprint density at radius 1 is 1.19 bits per heavy atom. The van der Waals surface area contributed by atoms with E-state index in [0.717, 1.165) is 38.8 Å². The van der Waals surface area contributed by atoms with Gasteiger partial charge in [-0.25, -0.2) is 0 Å². The molecule has 1 atom stereocenters. The zero-order valence-corrected chi connectivity index (χ0v) is 16.7. The quantitative estimate of drug-likeness (QED) is 0.644. The Kier molecular flexibility index (Phi) is 5.46. The van der Waals surface area contributed by atoms with Gasteiger partial charge in [-0.1, -0.05) is 31.0 Å². The van der Waals surface area contributed by atoms with Gasteiger partial charge in [-0.3, -0.25) is 4.99 Å². The van der Waals surface area contributed by atoms with Gasteiger partial charge in [-0.2, -0.15) is 0 Å². The van der Waals surface area contributed by atoms with E-state index in [0.29, 0.717) is 10.2 Å². The fourth-order valence-corrected chi connectivity index (χ4v) is 6.16. The third kappa shape index (κ3) is 3.89. The second kappa shape index (κ2) is 7.81. The van der Waals surface area contributed by atoms with Crippen molar-refractivity contribution in [1.29, 1.82) is 0 Å². The summed E-state index contributed by atoms with van der Waals surface area (Å²) in [4.78, 5) is 8.44. The lowest BCUT2D eigenvalue weighted by molar-refractivity contribution is 0.156. The van der Waals surface area contributed by atoms with Crippen molar-refractivity contribution in [2.24, 2.45) is 10.4 Å². The molecule has 1 spiro atoms. The average Bonchev–Trinajstić information content (AvgIpc) is 3.40. The van der Waals surface area contributed by atoms with Crippen molar-refractivity contribution < 1.29 is 4.74 Å². The molecule has 0 radical (unpaired) electrons. The first-order valence-corrected chi connectivity index (χ1v) is 10.8. The molecule has 26 heavy (non-hydrogen) atoms. The molecule has 4 nitrogen and oxygen atoms in total. The lowest BCUT2D eigenvalue weighted by Crippen LogP contribution is -2.46. The van der Waals surface area contributed by atoms with E-state index in [-0.39, 0.29) is 0 Å². The average molecular weight is 374 g/mol. The molecule has 1 aromatic rings. The van der Waals surface area contributed by atoms with Gasteiger partial charge in [0.2, 0.25) is 0 Å². The second-order valence-corrected chi connectivity index (χ2v) is 9.72. The molecule has 3 aliphatic rings. The van der Waals surface area contributed by atoms with Gasteiger partial charge in [-0.05, 0) is 37.8 Å². The van der Waals surface area contributed by atoms with Crippen LogP contribution in [-0.4, -0.2) is 55.5 Å². The predicted molar refractivity (Wildman–Crippen MR) is 109 cm³/mol. The van der Waals surface area contributed by atoms with E-state index in [4.69, 9.17) is 4.74 Å². The van der Waals surface area contributed by atoms with Gasteiger partial charge in [0, 0.05) is 48.3 Å². The first-order valence-electron chi connectivity index (χ1n) is 10.0. The summed E-state index contributed by atoms with van der Waals surface area (Å²) in [5, 5.41) is 3.74. The highest BCUT2D eigenvalue weighted by Crippen LogP contribution is 2.45. The zero-order valence-electron chi connectivity index (χ0n) is 15.9. The maximum atomic E-state index is 5.68. The molecule has 3 fully saturated rings. The van der Waals surface area contributed by atoms with Crippen LogP contribution in [0.1, 0.15) is 38.5 Å². The van der Waals surface area contributed by atoms with Crippen molar-refractivity contribution in [3.05, 3.63) is 30.3 Å². The van der Waals surface area contributed by atoms with Gasteiger partial charge in [0.25, 0.3) is 0 Å². The number of thioether (sulfide) groups is 1. The Bertz CT molecular complexity index is 621. The minimum absolute atomic E-state index is 0.297. The van der Waals surface area contributed by atoms with Crippen molar-refractivity contribution in [2.75, 3.05) is 39.9 Å². The molecule has 0 bridgehead atoms. The lowest BCUT2D eigenvalue weighted by Gasteiger charge is -2.32. The molecular formula is C21H31N3OS. The summed E-state index contributed by atoms with van der Waals surface area (Å²) >= 11 is 2.06. The summed E-state index contributed by atoms with van der Waals surface area (Å²) in [6.45, 7) is 5.04. The molecule has 0 amide bonds. The maximum Gasteiger partial charge on any atom is 0.193 e. The van der Waals surface area contributed by atoms with E-state index in [9.17, 15) is 0 Å². The molecule has 0 aromatic heterocycles. The third-order valence-electron chi connectivity index (χ3n) is 6.30. The molecule has 142 valence electrons. The smallest absolute Gasteiger partial charge is 0.193 e. The number of hydrogen-bond donors (Lipinski definition) is 1. The van der Waals surface area contributed by atoms with Crippen LogP contribution in [0.5, 0.6) is 0 Å². The number of likely N-dealkylation sites (tertiary alicyclic amines) is 1. The van der Waals surface area contributed by atoms with Crippen LogP contribution in [0.25, 0.3) is 0 Å². The number of nitrogens with zero attached hydrogens (tertiary/aromatic N) is 2. The van der Waals surface area contributed by atoms with Gasteiger partial charge in [0.05, 0.1) is 6.61 Å². The van der Waals surface area contributed by atoms with Crippen LogP contribution in [0.2, 0.25) is 0 Å². The van der Waals surface area contributed by atoms with E-state index >= 15 is 0 Å². The van der Waals surface area contributed by atoms with Gasteiger partial charge in [0.15, 0.2) is 5.96 Å². The molecular weight excluding hydrogens is 342 g/mol. The molecule has 1 N–H and O–H groups in total. The van der Waals surface area contributed by atoms with Gasteiger partial charge < -0.3 is 15.0 Å². The summed E-state index contributed by atoms with van der Waals surface area (Å²) in [5.74, 6) is 1.08. The Hall–Kier alpha value is -1.20. The fourth-order valence-electron chi connectivity index (χ4n) is 4.73. The van der Waals surface area contributed by atoms with Crippen LogP contribution < -0.4 is 5.32 Å². The van der Waals surface area contributed by atoms with Crippen LogP contribution >= 0.6 is 11.8 Å². The van der Waals surface area contributed by atoms with Crippen LogP contribution in [0.4, 0.5) is 0 Å². The predicted octanol–water partition coefficient (Wildman–Crippen LogP) is 3.78. The summed E-state index contributed by atoms with van der Waals surface area (Å²) in [5.41, 5.74) is 0.376. The van der Waals surface area contributed by atoms with Gasteiger partial charge >= 0.3 is 0 Å². The number of rotatable bonds is 4. The summed E-state index contributed by atoms with van der Waals surface area (Å²) < 4.78 is 5.97. The lowest BCUT2D eigenvalue weighted by atomic mass is 9.87. The first kappa shape index (κ1) is 18.2. The van der Waals surface area contributed by atoms with Crippen molar-refractivity contribution in [3.8, 4) is 0 Å². The number of ether oxygens (including phenoxy) is 1. The van der Waals surface area contributed by atoms with E-state index in [1.165, 1.54) is 43.4 Å². The fraction of sp³-hybridized carbons (Fsp3) is 0.667. The summed E-state index contributed by atoms with van der Waals surface area (Å²) in [7, 11) is 1.92. The molecule has 4 rings (SSSR count). The largest absolute Gasteiger partial charge is 0.381 e. The third-order valence-corrected chi connectivity index (χ3v) is 7.79. The van der Waals surface area contributed by atoms with Crippen molar-refractivity contribution >= 4 is 17.7 Å². The number of guanidine groups is 1. The monoisotopic (exact) mass is 373 g/mol. The Morgan fingerprint density at radius 2 is 2.00 bits per heavy atom. The van der Waals surface area contributed by atoms with Crippen molar-refractivity contribution in [1.82, 2.24) is 10.2 Å². The van der Waals surface area contributed by atoms with Gasteiger partial charge in [0.1, 0.15) is 0 Å². The molecule has 2 saturated heterocycles. The Labute approximate surface area is 161 Å². The van der Waals surface area contributed by atoms with E-state index in [1.807, 2.05) is 7.05 Å². The summed E-state index contributed by atoms with van der Waals surface area (Å²) in [6, 6.07) is 10.9. The number of aliphatic imine (C=N–C) groups is 1. The standard InChI is InChI=1S/C21H31N3OS/c1-22-19(24-13-11-20(16-24)12-14-25-17-20)23-15-21(9-5-6-10-21)26-18-7-3-2-4-8-18/h2-4,7-8H,5-6,9-17H2,1H3,(H,22,23).